The van der Waals surface area contributed by atoms with Gasteiger partial charge in [0.2, 0.25) is 0 Å². The van der Waals surface area contributed by atoms with Gasteiger partial charge in [-0.15, -0.1) is 6.42 Å². The Morgan fingerprint density at radius 2 is 1.81 bits per heavy atom. The number of nitrogens with one attached hydrogen (secondary N) is 1. The molecule has 0 spiro atoms. The van der Waals surface area contributed by atoms with Crippen LogP contribution in [0.4, 0.5) is 0 Å². The summed E-state index contributed by atoms with van der Waals surface area (Å²) in [4.78, 5) is 29.2. The van der Waals surface area contributed by atoms with Crippen molar-refractivity contribution in [3.05, 3.63) is 65.7 Å². The Morgan fingerprint density at radius 1 is 1.11 bits per heavy atom. The van der Waals surface area contributed by atoms with Gasteiger partial charge in [-0.25, -0.2) is 9.78 Å². The molecule has 1 N–H and O–H groups in total. The predicted octanol–water partition coefficient (Wildman–Crippen LogP) is 3.12. The summed E-state index contributed by atoms with van der Waals surface area (Å²) in [5.41, 5.74) is 3.41. The van der Waals surface area contributed by atoms with Crippen LogP contribution in [0.3, 0.4) is 0 Å². The average Bonchev–Trinajstić information content (AvgIpc) is 2.70. The van der Waals surface area contributed by atoms with E-state index in [2.05, 4.69) is 11.2 Å². The highest BCUT2D eigenvalue weighted by Crippen LogP contribution is 2.30. The Kier molecular flexibility index (Phi) is 5.48. The zero-order chi connectivity index (χ0) is 19.2. The molecule has 0 bridgehead atoms. The van der Waals surface area contributed by atoms with E-state index in [1.54, 1.807) is 0 Å². The average molecular weight is 358 g/mol. The molecule has 1 amide bonds. The molecular formula is C22H18N2O3. The number of hydrogen-bond donors (Lipinski definition) is 1. The van der Waals surface area contributed by atoms with Gasteiger partial charge in [0.25, 0.3) is 5.91 Å². The van der Waals surface area contributed by atoms with Crippen molar-refractivity contribution < 1.29 is 14.3 Å². The van der Waals surface area contributed by atoms with Crippen molar-refractivity contribution in [1.82, 2.24) is 10.3 Å². The van der Waals surface area contributed by atoms with Crippen LogP contribution in [0.5, 0.6) is 0 Å². The number of para-hydroxylation sites is 1. The van der Waals surface area contributed by atoms with Crippen molar-refractivity contribution in [3.8, 4) is 23.6 Å². The Labute approximate surface area is 157 Å². The van der Waals surface area contributed by atoms with Crippen molar-refractivity contribution in [3.63, 3.8) is 0 Å². The van der Waals surface area contributed by atoms with Gasteiger partial charge in [-0.1, -0.05) is 54.5 Å². The van der Waals surface area contributed by atoms with E-state index in [1.165, 1.54) is 0 Å². The molecule has 1 heterocycles. The number of terminal acetylenes is 1. The third kappa shape index (κ3) is 3.96. The first-order valence-corrected chi connectivity index (χ1v) is 8.44. The minimum absolute atomic E-state index is 0.0890. The molecule has 5 heteroatoms. The summed E-state index contributed by atoms with van der Waals surface area (Å²) in [6.45, 7) is 1.53. The summed E-state index contributed by atoms with van der Waals surface area (Å²) in [7, 11) is 0. The smallest absolute Gasteiger partial charge is 0.339 e. The molecule has 0 saturated carbocycles. The molecule has 3 rings (SSSR count). The van der Waals surface area contributed by atoms with Crippen molar-refractivity contribution in [2.45, 2.75) is 6.92 Å². The van der Waals surface area contributed by atoms with Crippen LogP contribution in [0.2, 0.25) is 0 Å². The number of nitrogens with zero attached hydrogens (tertiary/aromatic N) is 1. The molecule has 0 aliphatic carbocycles. The number of fused-ring (bicyclic) bond motifs is 1. The summed E-state index contributed by atoms with van der Waals surface area (Å²) in [6.07, 6.45) is 5.10. The zero-order valence-corrected chi connectivity index (χ0v) is 14.9. The normalized spacial score (nSPS) is 10.2. The van der Waals surface area contributed by atoms with Gasteiger partial charge in [0.15, 0.2) is 6.61 Å². The molecule has 0 unspecified atom stereocenters. The molecular weight excluding hydrogens is 340 g/mol. The maximum Gasteiger partial charge on any atom is 0.339 e. The lowest BCUT2D eigenvalue weighted by Gasteiger charge is -2.14. The fourth-order valence-corrected chi connectivity index (χ4v) is 2.85. The maximum absolute atomic E-state index is 12.8. The third-order valence-electron chi connectivity index (χ3n) is 4.11. The number of carbonyl (C=O) groups is 2. The first-order valence-electron chi connectivity index (χ1n) is 8.44. The van der Waals surface area contributed by atoms with Gasteiger partial charge in [-0.2, -0.15) is 0 Å². The second kappa shape index (κ2) is 8.15. The number of benzene rings is 2. The molecule has 27 heavy (non-hydrogen) atoms. The molecule has 134 valence electrons. The van der Waals surface area contributed by atoms with Gasteiger partial charge in [0, 0.05) is 10.9 Å². The first-order chi connectivity index (χ1) is 13.1. The quantitative estimate of drug-likeness (QED) is 0.562. The Balaban J connectivity index is 2.01. The van der Waals surface area contributed by atoms with Crippen LogP contribution in [0, 0.1) is 19.3 Å². The summed E-state index contributed by atoms with van der Waals surface area (Å²) < 4.78 is 5.22. The number of ether oxygens (including phenoxy) is 1. The van der Waals surface area contributed by atoms with Crippen LogP contribution < -0.4 is 5.32 Å². The van der Waals surface area contributed by atoms with Gasteiger partial charge >= 0.3 is 5.97 Å². The Hall–Kier alpha value is -3.65. The van der Waals surface area contributed by atoms with Crippen LogP contribution in [0.25, 0.3) is 22.2 Å². The van der Waals surface area contributed by atoms with Gasteiger partial charge in [-0.05, 0) is 18.6 Å². The second-order valence-electron chi connectivity index (χ2n) is 5.90. The molecule has 0 aliphatic rings. The molecule has 1 aromatic heterocycles. The minimum atomic E-state index is -0.570. The fourth-order valence-electron chi connectivity index (χ4n) is 2.85. The SMILES string of the molecule is C#CCNC(=O)COC(=O)c1c(C)c(-c2ccccc2)nc2ccccc12. The van der Waals surface area contributed by atoms with Crippen LogP contribution in [0.15, 0.2) is 54.6 Å². The standard InChI is InChI=1S/C22H18N2O3/c1-3-13-23-19(25)14-27-22(26)20-15(2)21(16-9-5-4-6-10-16)24-18-12-8-7-11-17(18)20/h1,4-12H,13-14H2,2H3,(H,23,25). The molecule has 3 aromatic rings. The summed E-state index contributed by atoms with van der Waals surface area (Å²) in [5.74, 6) is 1.28. The first kappa shape index (κ1) is 18.2. The lowest BCUT2D eigenvalue weighted by atomic mass is 9.98. The zero-order valence-electron chi connectivity index (χ0n) is 14.9. The molecule has 5 nitrogen and oxygen atoms in total. The lowest BCUT2D eigenvalue weighted by Crippen LogP contribution is -2.29. The predicted molar refractivity (Wildman–Crippen MR) is 104 cm³/mol. The van der Waals surface area contributed by atoms with Gasteiger partial charge < -0.3 is 10.1 Å². The molecule has 0 atom stereocenters. The number of hydrogen-bond acceptors (Lipinski definition) is 4. The highest BCUT2D eigenvalue weighted by atomic mass is 16.5. The number of esters is 1. The van der Waals surface area contributed by atoms with E-state index < -0.39 is 18.5 Å². The molecule has 0 fully saturated rings. The molecule has 0 saturated heterocycles. The monoisotopic (exact) mass is 358 g/mol. The summed E-state index contributed by atoms with van der Waals surface area (Å²) >= 11 is 0. The van der Waals surface area contributed by atoms with E-state index in [-0.39, 0.29) is 6.54 Å². The van der Waals surface area contributed by atoms with Crippen molar-refractivity contribution >= 4 is 22.8 Å². The van der Waals surface area contributed by atoms with E-state index >= 15 is 0 Å². The van der Waals surface area contributed by atoms with Gasteiger partial charge in [0.1, 0.15) is 0 Å². The van der Waals surface area contributed by atoms with Crippen LogP contribution >= 0.6 is 0 Å². The van der Waals surface area contributed by atoms with Crippen LogP contribution in [-0.4, -0.2) is 30.0 Å². The number of pyridine rings is 1. The summed E-state index contributed by atoms with van der Waals surface area (Å²) in [5, 5.41) is 3.15. The lowest BCUT2D eigenvalue weighted by molar-refractivity contribution is -0.123. The molecule has 0 aliphatic heterocycles. The topological polar surface area (TPSA) is 68.3 Å². The highest BCUT2D eigenvalue weighted by Gasteiger charge is 2.20. The van der Waals surface area contributed by atoms with E-state index in [0.717, 1.165) is 5.56 Å². The Bertz CT molecular complexity index is 1040. The van der Waals surface area contributed by atoms with E-state index in [9.17, 15) is 9.59 Å². The number of carbonyl (C=O) groups excluding carboxylic acids is 2. The molecule has 2 aromatic carbocycles. The Morgan fingerprint density at radius 3 is 2.56 bits per heavy atom. The summed E-state index contributed by atoms with van der Waals surface area (Å²) in [6, 6.07) is 17.0. The number of aromatic nitrogens is 1. The van der Waals surface area contributed by atoms with Crippen LogP contribution in [-0.2, 0) is 9.53 Å². The highest BCUT2D eigenvalue weighted by molar-refractivity contribution is 6.06. The molecule has 0 radical (unpaired) electrons. The number of rotatable bonds is 5. The van der Waals surface area contributed by atoms with E-state index in [4.69, 9.17) is 16.1 Å². The maximum atomic E-state index is 12.8. The van der Waals surface area contributed by atoms with Crippen molar-refractivity contribution in [2.24, 2.45) is 0 Å². The fraction of sp³-hybridized carbons (Fsp3) is 0.136. The third-order valence-corrected chi connectivity index (χ3v) is 4.11. The van der Waals surface area contributed by atoms with Crippen LogP contribution in [0.1, 0.15) is 15.9 Å². The van der Waals surface area contributed by atoms with E-state index in [1.807, 2.05) is 61.5 Å². The number of amides is 1. The largest absolute Gasteiger partial charge is 0.452 e. The van der Waals surface area contributed by atoms with Crippen molar-refractivity contribution in [2.75, 3.05) is 13.2 Å². The van der Waals surface area contributed by atoms with Gasteiger partial charge in [0.05, 0.1) is 23.3 Å². The van der Waals surface area contributed by atoms with E-state index in [0.29, 0.717) is 27.7 Å². The minimum Gasteiger partial charge on any atom is -0.452 e. The van der Waals surface area contributed by atoms with Crippen molar-refractivity contribution in [1.29, 1.82) is 0 Å². The van der Waals surface area contributed by atoms with Gasteiger partial charge in [-0.3, -0.25) is 4.79 Å². The second-order valence-corrected chi connectivity index (χ2v) is 5.90.